The fourth-order valence-electron chi connectivity index (χ4n) is 3.76. The molecule has 3 heterocycles. The SMILES string of the molecule is C=S(=O)(NCCN)c1ccc(Cc2nc3cccc(-c4ccc5c(c4)OCCO5)n3n2)cc1. The van der Waals surface area contributed by atoms with Gasteiger partial charge in [0.2, 0.25) is 0 Å². The normalized spacial score (nSPS) is 14.8. The van der Waals surface area contributed by atoms with Gasteiger partial charge in [0.15, 0.2) is 23.0 Å². The number of aromatic nitrogens is 3. The molecule has 3 N–H and O–H groups in total. The van der Waals surface area contributed by atoms with E-state index in [4.69, 9.17) is 25.3 Å². The van der Waals surface area contributed by atoms with Gasteiger partial charge >= 0.3 is 0 Å². The summed E-state index contributed by atoms with van der Waals surface area (Å²) in [5.74, 6) is 5.99. The number of benzene rings is 2. The first-order valence-electron chi connectivity index (χ1n) is 10.7. The van der Waals surface area contributed by atoms with Crippen molar-refractivity contribution in [1.29, 1.82) is 0 Å². The summed E-state index contributed by atoms with van der Waals surface area (Å²) in [7, 11) is -2.56. The van der Waals surface area contributed by atoms with Crippen molar-refractivity contribution in [3.63, 3.8) is 0 Å². The predicted octanol–water partition coefficient (Wildman–Crippen LogP) is 2.30. The largest absolute Gasteiger partial charge is 0.486 e. The van der Waals surface area contributed by atoms with Gasteiger partial charge in [0.25, 0.3) is 0 Å². The summed E-state index contributed by atoms with van der Waals surface area (Å²) in [5.41, 5.74) is 9.16. The average molecular weight is 464 g/mol. The Hall–Kier alpha value is -3.40. The van der Waals surface area contributed by atoms with E-state index in [9.17, 15) is 4.21 Å². The van der Waals surface area contributed by atoms with Crippen molar-refractivity contribution in [2.24, 2.45) is 5.73 Å². The molecule has 0 bridgehead atoms. The molecule has 4 aromatic rings. The Bertz CT molecular complexity index is 1400. The lowest BCUT2D eigenvalue weighted by molar-refractivity contribution is 0.171. The number of rotatable bonds is 7. The lowest BCUT2D eigenvalue weighted by atomic mass is 10.1. The summed E-state index contributed by atoms with van der Waals surface area (Å²) in [5, 5.41) is 4.75. The van der Waals surface area contributed by atoms with Crippen molar-refractivity contribution >= 4 is 21.2 Å². The van der Waals surface area contributed by atoms with Crippen molar-refractivity contribution in [3.05, 3.63) is 72.1 Å². The first-order chi connectivity index (χ1) is 16.0. The number of hydrogen-bond acceptors (Lipinski definition) is 6. The fraction of sp³-hybridized carbons (Fsp3) is 0.208. The molecule has 0 spiro atoms. The molecule has 1 aliphatic rings. The van der Waals surface area contributed by atoms with E-state index < -0.39 is 9.71 Å². The molecule has 0 fully saturated rings. The van der Waals surface area contributed by atoms with E-state index in [0.717, 1.165) is 34.0 Å². The number of nitrogens with one attached hydrogen (secondary N) is 1. The molecule has 33 heavy (non-hydrogen) atoms. The summed E-state index contributed by atoms with van der Waals surface area (Å²) in [6.45, 7) is 1.95. The van der Waals surface area contributed by atoms with Crippen LogP contribution in [0.25, 0.3) is 16.9 Å². The summed E-state index contributed by atoms with van der Waals surface area (Å²) >= 11 is 0. The van der Waals surface area contributed by atoms with Crippen molar-refractivity contribution < 1.29 is 13.7 Å². The van der Waals surface area contributed by atoms with E-state index in [1.54, 1.807) is 0 Å². The van der Waals surface area contributed by atoms with Crippen LogP contribution in [0.4, 0.5) is 0 Å². The monoisotopic (exact) mass is 463 g/mol. The first kappa shape index (κ1) is 21.4. The molecule has 0 aliphatic carbocycles. The highest BCUT2D eigenvalue weighted by Crippen LogP contribution is 2.34. The highest BCUT2D eigenvalue weighted by atomic mass is 32.2. The van der Waals surface area contributed by atoms with Gasteiger partial charge in [-0.2, -0.15) is 5.10 Å². The third-order valence-corrected chi connectivity index (χ3v) is 7.09. The van der Waals surface area contributed by atoms with Crippen LogP contribution in [0, 0.1) is 0 Å². The van der Waals surface area contributed by atoms with Gasteiger partial charge in [-0.1, -0.05) is 18.2 Å². The Labute approximate surface area is 192 Å². The van der Waals surface area contributed by atoms with Crippen LogP contribution in [0.3, 0.4) is 0 Å². The van der Waals surface area contributed by atoms with Gasteiger partial charge in [-0.25, -0.2) is 18.4 Å². The molecule has 2 aromatic carbocycles. The number of hydrogen-bond donors (Lipinski definition) is 2. The van der Waals surface area contributed by atoms with Crippen LogP contribution in [0.5, 0.6) is 11.5 Å². The zero-order chi connectivity index (χ0) is 22.8. The lowest BCUT2D eigenvalue weighted by Crippen LogP contribution is -2.28. The van der Waals surface area contributed by atoms with Gasteiger partial charge in [-0.05, 0) is 53.9 Å². The molecule has 170 valence electrons. The van der Waals surface area contributed by atoms with Gasteiger partial charge in [0.05, 0.1) is 15.4 Å². The topological polar surface area (TPSA) is 104 Å². The standard InChI is InChI=1S/C24H25N5O3S/c1-33(30,26-12-11-25)19-8-5-17(6-9-19)15-23-27-24-4-2-3-20(29(24)28-23)18-7-10-21-22(16-18)32-14-13-31-21/h2-10,16H,1,11-15,25H2,(H,26,30). The van der Waals surface area contributed by atoms with E-state index >= 15 is 0 Å². The average Bonchev–Trinajstić information content (AvgIpc) is 3.25. The van der Waals surface area contributed by atoms with Crippen LogP contribution in [-0.4, -0.2) is 51.0 Å². The van der Waals surface area contributed by atoms with E-state index in [1.807, 2.05) is 65.2 Å². The number of pyridine rings is 1. The van der Waals surface area contributed by atoms with Crippen LogP contribution in [-0.2, 0) is 16.1 Å². The van der Waals surface area contributed by atoms with E-state index in [1.165, 1.54) is 0 Å². The Morgan fingerprint density at radius 2 is 1.85 bits per heavy atom. The van der Waals surface area contributed by atoms with Crippen molar-refractivity contribution in [3.8, 4) is 22.8 Å². The van der Waals surface area contributed by atoms with Crippen molar-refractivity contribution in [2.45, 2.75) is 11.3 Å². The molecule has 5 rings (SSSR count). The third-order valence-electron chi connectivity index (χ3n) is 5.39. The summed E-state index contributed by atoms with van der Waals surface area (Å²) < 4.78 is 28.8. The summed E-state index contributed by atoms with van der Waals surface area (Å²) in [6.07, 6.45) is 0.553. The zero-order valence-electron chi connectivity index (χ0n) is 18.1. The van der Waals surface area contributed by atoms with E-state index in [0.29, 0.717) is 43.4 Å². The number of ether oxygens (including phenoxy) is 2. The molecule has 1 atom stereocenters. The second-order valence-corrected chi connectivity index (χ2v) is 9.86. The van der Waals surface area contributed by atoms with Gasteiger partial charge in [-0.15, -0.1) is 0 Å². The molecule has 8 nitrogen and oxygen atoms in total. The molecule has 0 radical (unpaired) electrons. The molecule has 9 heteroatoms. The maximum Gasteiger partial charge on any atom is 0.162 e. The van der Waals surface area contributed by atoms with Crippen LogP contribution >= 0.6 is 0 Å². The zero-order valence-corrected chi connectivity index (χ0v) is 18.9. The highest BCUT2D eigenvalue weighted by molar-refractivity contribution is 7.98. The quantitative estimate of drug-likeness (QED) is 0.408. The highest BCUT2D eigenvalue weighted by Gasteiger charge is 2.15. The number of nitrogens with zero attached hydrogens (tertiary/aromatic N) is 3. The Morgan fingerprint density at radius 1 is 1.06 bits per heavy atom. The second-order valence-electron chi connectivity index (χ2n) is 7.75. The Kier molecular flexibility index (Phi) is 5.76. The van der Waals surface area contributed by atoms with Crippen molar-refractivity contribution in [1.82, 2.24) is 19.3 Å². The maximum absolute atomic E-state index is 12.7. The fourth-order valence-corrected chi connectivity index (χ4v) is 4.95. The van der Waals surface area contributed by atoms with E-state index in [-0.39, 0.29) is 0 Å². The smallest absolute Gasteiger partial charge is 0.162 e. The molecule has 2 aromatic heterocycles. The van der Waals surface area contributed by atoms with Crippen LogP contribution in [0.1, 0.15) is 11.4 Å². The summed E-state index contributed by atoms with van der Waals surface area (Å²) in [4.78, 5) is 5.34. The molecule has 1 aliphatic heterocycles. The molecular weight excluding hydrogens is 438 g/mol. The third kappa shape index (κ3) is 4.43. The minimum Gasteiger partial charge on any atom is -0.486 e. The Balaban J connectivity index is 1.41. The van der Waals surface area contributed by atoms with Crippen molar-refractivity contribution in [2.75, 3.05) is 26.3 Å². The predicted molar refractivity (Wildman–Crippen MR) is 129 cm³/mol. The lowest BCUT2D eigenvalue weighted by Gasteiger charge is -2.19. The molecule has 0 saturated heterocycles. The van der Waals surface area contributed by atoms with Gasteiger partial charge in [0.1, 0.15) is 13.2 Å². The molecule has 1 unspecified atom stereocenters. The number of nitrogens with two attached hydrogens (primary N) is 1. The van der Waals surface area contributed by atoms with Crippen LogP contribution in [0.15, 0.2) is 65.6 Å². The van der Waals surface area contributed by atoms with Gasteiger partial charge < -0.3 is 15.2 Å². The first-order valence-corrected chi connectivity index (χ1v) is 12.4. The minimum atomic E-state index is -2.56. The number of fused-ring (bicyclic) bond motifs is 2. The Morgan fingerprint density at radius 3 is 2.64 bits per heavy atom. The second kappa shape index (κ2) is 8.86. The summed E-state index contributed by atoms with van der Waals surface area (Å²) in [6, 6.07) is 19.3. The molecule has 0 saturated carbocycles. The molecular formula is C24H25N5O3S. The van der Waals surface area contributed by atoms with Gasteiger partial charge in [-0.3, -0.25) is 0 Å². The molecule has 0 amide bonds. The maximum atomic E-state index is 12.7. The van der Waals surface area contributed by atoms with Gasteiger partial charge in [0, 0.05) is 30.0 Å². The minimum absolute atomic E-state index is 0.401. The van der Waals surface area contributed by atoms with Crippen LogP contribution < -0.4 is 19.9 Å². The van der Waals surface area contributed by atoms with Crippen LogP contribution in [0.2, 0.25) is 0 Å². The van der Waals surface area contributed by atoms with E-state index in [2.05, 4.69) is 10.6 Å².